The van der Waals surface area contributed by atoms with Gasteiger partial charge in [0.25, 0.3) is 5.91 Å². The number of amides is 1. The maximum atomic E-state index is 12.9. The third kappa shape index (κ3) is 5.43. The minimum absolute atomic E-state index is 0.0197. The number of ether oxygens (including phenoxy) is 1. The molecule has 1 fully saturated rings. The molecule has 2 heterocycles. The van der Waals surface area contributed by atoms with Crippen molar-refractivity contribution in [2.45, 2.75) is 33.4 Å². The largest absolute Gasteiger partial charge is 0.489 e. The van der Waals surface area contributed by atoms with Crippen LogP contribution >= 0.6 is 0 Å². The molecule has 0 aliphatic carbocycles. The number of nitrogens with zero attached hydrogens (tertiary/aromatic N) is 3. The Morgan fingerprint density at radius 2 is 1.88 bits per heavy atom. The number of fused-ring (bicyclic) bond motifs is 1. The maximum absolute atomic E-state index is 12.9. The number of benzene rings is 2. The van der Waals surface area contributed by atoms with Crippen LogP contribution in [0.5, 0.6) is 5.75 Å². The number of carbonyl (C=O) groups is 1. The van der Waals surface area contributed by atoms with Crippen LogP contribution in [0.15, 0.2) is 42.5 Å². The van der Waals surface area contributed by atoms with E-state index in [1.165, 1.54) is 11.1 Å². The van der Waals surface area contributed by atoms with Gasteiger partial charge in [0.15, 0.2) is 0 Å². The zero-order valence-electron chi connectivity index (χ0n) is 19.6. The van der Waals surface area contributed by atoms with E-state index in [1.807, 2.05) is 18.2 Å². The fraction of sp³-hybridized carbons (Fsp3) is 0.500. The Bertz CT molecular complexity index is 924. The number of rotatable bonds is 7. The van der Waals surface area contributed by atoms with Gasteiger partial charge >= 0.3 is 0 Å². The smallest absolute Gasteiger partial charge is 0.251 e. The number of piperazine rings is 1. The van der Waals surface area contributed by atoms with Crippen molar-refractivity contribution in [3.63, 3.8) is 0 Å². The van der Waals surface area contributed by atoms with E-state index < -0.39 is 0 Å². The van der Waals surface area contributed by atoms with E-state index in [2.05, 4.69) is 65.1 Å². The van der Waals surface area contributed by atoms with Gasteiger partial charge in [-0.1, -0.05) is 36.8 Å². The summed E-state index contributed by atoms with van der Waals surface area (Å²) >= 11 is 0. The Balaban J connectivity index is 1.39. The van der Waals surface area contributed by atoms with Crippen LogP contribution in [0.4, 0.5) is 5.69 Å². The average molecular weight is 437 g/mol. The topological polar surface area (TPSA) is 48.0 Å². The van der Waals surface area contributed by atoms with Crippen LogP contribution in [-0.2, 0) is 6.54 Å². The van der Waals surface area contributed by atoms with Crippen molar-refractivity contribution in [3.8, 4) is 5.75 Å². The second-order valence-electron chi connectivity index (χ2n) is 8.99. The third-order valence-electron chi connectivity index (χ3n) is 6.60. The van der Waals surface area contributed by atoms with E-state index in [-0.39, 0.29) is 11.9 Å². The van der Waals surface area contributed by atoms with Gasteiger partial charge in [-0.05, 0) is 44.2 Å². The third-order valence-corrected chi connectivity index (χ3v) is 6.60. The molecular weight excluding hydrogens is 400 g/mol. The highest BCUT2D eigenvalue weighted by Crippen LogP contribution is 2.35. The molecule has 1 saturated heterocycles. The van der Waals surface area contributed by atoms with Gasteiger partial charge in [-0.3, -0.25) is 9.69 Å². The van der Waals surface area contributed by atoms with Crippen molar-refractivity contribution in [2.24, 2.45) is 0 Å². The van der Waals surface area contributed by atoms with E-state index in [1.54, 1.807) is 0 Å². The first-order chi connectivity index (χ1) is 15.5. The van der Waals surface area contributed by atoms with Gasteiger partial charge in [0.1, 0.15) is 12.4 Å². The van der Waals surface area contributed by atoms with Crippen molar-refractivity contribution in [1.82, 2.24) is 15.1 Å². The molecule has 1 amide bonds. The summed E-state index contributed by atoms with van der Waals surface area (Å²) in [6, 6.07) is 14.6. The fourth-order valence-corrected chi connectivity index (χ4v) is 4.55. The molecule has 32 heavy (non-hydrogen) atoms. The zero-order chi connectivity index (χ0) is 22.5. The van der Waals surface area contributed by atoms with Gasteiger partial charge in [0.05, 0.1) is 11.7 Å². The van der Waals surface area contributed by atoms with Crippen LogP contribution in [0.2, 0.25) is 0 Å². The molecule has 0 saturated carbocycles. The van der Waals surface area contributed by atoms with Gasteiger partial charge in [-0.15, -0.1) is 0 Å². The monoisotopic (exact) mass is 436 g/mol. The number of hydrogen-bond acceptors (Lipinski definition) is 5. The Kier molecular flexibility index (Phi) is 7.33. The highest BCUT2D eigenvalue weighted by atomic mass is 16.5. The lowest BCUT2D eigenvalue weighted by molar-refractivity contribution is 0.0937. The summed E-state index contributed by atoms with van der Waals surface area (Å²) in [5.41, 5.74) is 4.20. The first kappa shape index (κ1) is 22.6. The Labute approximate surface area is 192 Å². The summed E-state index contributed by atoms with van der Waals surface area (Å²) < 4.78 is 5.96. The molecule has 4 rings (SSSR count). The molecule has 0 aromatic heterocycles. The summed E-state index contributed by atoms with van der Waals surface area (Å²) in [6.45, 7) is 15.0. The van der Waals surface area contributed by atoms with Gasteiger partial charge < -0.3 is 19.9 Å². The van der Waals surface area contributed by atoms with E-state index in [0.717, 1.165) is 57.3 Å². The summed E-state index contributed by atoms with van der Waals surface area (Å²) in [6.07, 6.45) is 0. The van der Waals surface area contributed by atoms with Crippen LogP contribution in [0.1, 0.15) is 35.3 Å². The summed E-state index contributed by atoms with van der Waals surface area (Å²) in [5, 5.41) is 3.11. The molecule has 172 valence electrons. The first-order valence-corrected chi connectivity index (χ1v) is 11.9. The highest BCUT2D eigenvalue weighted by Gasteiger charge is 2.26. The zero-order valence-corrected chi connectivity index (χ0v) is 19.6. The molecule has 0 bridgehead atoms. The number of likely N-dealkylation sites (N-methyl/N-ethyl adjacent to an activating group) is 1. The predicted octanol–water partition coefficient (Wildman–Crippen LogP) is 3.15. The number of carbonyl (C=O) groups excluding carboxylic acids is 1. The first-order valence-electron chi connectivity index (χ1n) is 11.9. The van der Waals surface area contributed by atoms with Gasteiger partial charge in [-0.25, -0.2) is 0 Å². The lowest BCUT2D eigenvalue weighted by atomic mass is 10.1. The van der Waals surface area contributed by atoms with Gasteiger partial charge in [0.2, 0.25) is 0 Å². The van der Waals surface area contributed by atoms with Crippen LogP contribution in [-0.4, -0.2) is 74.2 Å². The van der Waals surface area contributed by atoms with Crippen molar-refractivity contribution < 1.29 is 9.53 Å². The Hall–Kier alpha value is -2.57. The van der Waals surface area contributed by atoms with E-state index in [9.17, 15) is 4.79 Å². The van der Waals surface area contributed by atoms with Crippen molar-refractivity contribution >= 4 is 11.6 Å². The molecule has 1 N–H and O–H groups in total. The van der Waals surface area contributed by atoms with Gasteiger partial charge in [0, 0.05) is 51.4 Å². The van der Waals surface area contributed by atoms with Crippen molar-refractivity contribution in [3.05, 3.63) is 59.2 Å². The van der Waals surface area contributed by atoms with Crippen LogP contribution in [0.3, 0.4) is 0 Å². The minimum atomic E-state index is -0.0197. The van der Waals surface area contributed by atoms with Gasteiger partial charge in [-0.2, -0.15) is 0 Å². The maximum Gasteiger partial charge on any atom is 0.251 e. The minimum Gasteiger partial charge on any atom is -0.489 e. The second-order valence-corrected chi connectivity index (χ2v) is 8.99. The Morgan fingerprint density at radius 3 is 2.62 bits per heavy atom. The molecule has 2 aliphatic heterocycles. The van der Waals surface area contributed by atoms with E-state index in [0.29, 0.717) is 18.7 Å². The molecule has 0 radical (unpaired) electrons. The molecular formula is C26H36N4O2. The van der Waals surface area contributed by atoms with Crippen molar-refractivity contribution in [1.29, 1.82) is 0 Å². The molecule has 6 heteroatoms. The average Bonchev–Trinajstić information content (AvgIpc) is 2.81. The van der Waals surface area contributed by atoms with Crippen LogP contribution < -0.4 is 15.0 Å². The van der Waals surface area contributed by atoms with E-state index >= 15 is 0 Å². The van der Waals surface area contributed by atoms with Crippen LogP contribution in [0.25, 0.3) is 0 Å². The molecule has 0 unspecified atom stereocenters. The normalized spacial score (nSPS) is 19.3. The number of anilines is 1. The lowest BCUT2D eigenvalue weighted by Crippen LogP contribution is -2.48. The molecule has 0 spiro atoms. The summed E-state index contributed by atoms with van der Waals surface area (Å²) in [7, 11) is 0. The highest BCUT2D eigenvalue weighted by molar-refractivity contribution is 5.95. The molecule has 2 aromatic carbocycles. The quantitative estimate of drug-likeness (QED) is 0.723. The summed E-state index contributed by atoms with van der Waals surface area (Å²) in [4.78, 5) is 20.1. The van der Waals surface area contributed by atoms with E-state index in [4.69, 9.17) is 4.74 Å². The van der Waals surface area contributed by atoms with Crippen LogP contribution in [0, 0.1) is 6.92 Å². The lowest BCUT2D eigenvalue weighted by Gasteiger charge is -2.37. The molecule has 1 atom stereocenters. The number of aryl methyl sites for hydroxylation is 1. The second kappa shape index (κ2) is 10.4. The number of hydrogen-bond donors (Lipinski definition) is 1. The molecule has 2 aromatic rings. The standard InChI is InChI=1S/C26H36N4O2/c1-4-28-12-14-29(15-13-28)11-10-27-26(31)23-8-9-25-24(17-23)30(21(3)19-32-25)18-22-7-5-6-20(2)16-22/h5-9,16-17,21H,4,10-15,18-19H2,1-3H3,(H,27,31)/t21-/m0/s1. The number of nitrogens with one attached hydrogen (secondary N) is 1. The predicted molar refractivity (Wildman–Crippen MR) is 130 cm³/mol. The summed E-state index contributed by atoms with van der Waals surface area (Å²) in [5.74, 6) is 0.829. The Morgan fingerprint density at radius 1 is 1.09 bits per heavy atom. The SMILES string of the molecule is CCN1CCN(CCNC(=O)c2ccc3c(c2)N(Cc2cccc(C)c2)[C@@H](C)CO3)CC1. The molecule has 6 nitrogen and oxygen atoms in total. The molecule has 2 aliphatic rings. The fourth-order valence-electron chi connectivity index (χ4n) is 4.55. The van der Waals surface area contributed by atoms with Crippen molar-refractivity contribution in [2.75, 3.05) is 57.3 Å².